The van der Waals surface area contributed by atoms with E-state index in [1.165, 1.54) is 0 Å². The van der Waals surface area contributed by atoms with Crippen LogP contribution in [-0.2, 0) is 11.0 Å². The number of hydrogen-bond acceptors (Lipinski definition) is 4. The molecule has 4 nitrogen and oxygen atoms in total. The Hall–Kier alpha value is -0.114. The molecular weight excluding hydrogens is 253 g/mol. The molecule has 0 bridgehead atoms. The third-order valence-electron chi connectivity index (χ3n) is 2.02. The van der Waals surface area contributed by atoms with E-state index >= 15 is 0 Å². The van der Waals surface area contributed by atoms with Gasteiger partial charge in [-0.05, 0) is 35.0 Å². The molecule has 0 saturated carbocycles. The molecular formula is C10H10KNO3S. The quantitative estimate of drug-likeness (QED) is 0.475. The molecule has 2 aromatic carbocycles. The van der Waals surface area contributed by atoms with Gasteiger partial charge < -0.3 is 9.92 Å². The van der Waals surface area contributed by atoms with E-state index in [4.69, 9.17) is 5.73 Å². The summed E-state index contributed by atoms with van der Waals surface area (Å²) in [7, 11) is -2.86. The molecule has 0 heterocycles. The Morgan fingerprint density at radius 1 is 1.00 bits per heavy atom. The van der Waals surface area contributed by atoms with Crippen molar-refractivity contribution in [2.24, 2.45) is 0 Å². The minimum atomic E-state index is -2.86. The zero-order chi connectivity index (χ0) is 10.8. The van der Waals surface area contributed by atoms with Crippen molar-refractivity contribution in [1.29, 1.82) is 0 Å². The summed E-state index contributed by atoms with van der Waals surface area (Å²) >= 11 is 0. The van der Waals surface area contributed by atoms with Crippen molar-refractivity contribution in [1.82, 2.24) is 0 Å². The van der Waals surface area contributed by atoms with Crippen molar-refractivity contribution in [2.45, 2.75) is 0 Å². The van der Waals surface area contributed by atoms with Crippen molar-refractivity contribution in [3.8, 4) is 5.75 Å². The molecule has 0 spiro atoms. The van der Waals surface area contributed by atoms with E-state index in [0.29, 0.717) is 11.4 Å². The molecule has 0 radical (unpaired) electrons. The number of benzene rings is 2. The first-order valence-corrected chi connectivity index (χ1v) is 5.36. The van der Waals surface area contributed by atoms with E-state index in [1.807, 2.05) is 12.1 Å². The number of nitrogens with two attached hydrogens (primary N) is 1. The van der Waals surface area contributed by atoms with Gasteiger partial charge in [0.15, 0.2) is 0 Å². The van der Waals surface area contributed by atoms with Crippen LogP contribution in [0.1, 0.15) is 0 Å². The van der Waals surface area contributed by atoms with E-state index < -0.39 is 11.0 Å². The van der Waals surface area contributed by atoms with Crippen molar-refractivity contribution < 1.29 is 12.6 Å². The van der Waals surface area contributed by atoms with E-state index in [1.54, 1.807) is 24.3 Å². The molecule has 0 unspecified atom stereocenters. The minimum absolute atomic E-state index is 0. The molecule has 0 aliphatic carbocycles. The zero-order valence-electron chi connectivity index (χ0n) is 7.71. The van der Waals surface area contributed by atoms with Gasteiger partial charge in [0.2, 0.25) is 0 Å². The number of hydrogen-bond donors (Lipinski definition) is 2. The molecule has 80 valence electrons. The topological polar surface area (TPSA) is 69.4 Å². The van der Waals surface area contributed by atoms with Gasteiger partial charge in [-0.15, -0.1) is 0 Å². The van der Waals surface area contributed by atoms with Gasteiger partial charge >= 0.3 is 51.4 Å². The fourth-order valence-electron chi connectivity index (χ4n) is 1.39. The number of thiol groups is 1. The van der Waals surface area contributed by atoms with Crippen LogP contribution in [0.5, 0.6) is 5.75 Å². The molecule has 0 saturated heterocycles. The van der Waals surface area contributed by atoms with Crippen LogP contribution < -0.4 is 9.92 Å². The zero-order valence-corrected chi connectivity index (χ0v) is 8.61. The molecule has 6 heteroatoms. The standard InChI is InChI=1S/C10H9NO3S.K.H/c11-9-3-1-8-6-10(14-15(12)13)4-2-7(8)5-9;;/h1-6,15H,11H2;;. The molecule has 0 amide bonds. The van der Waals surface area contributed by atoms with Crippen molar-refractivity contribution in [2.75, 3.05) is 5.73 Å². The maximum atomic E-state index is 10.4. The van der Waals surface area contributed by atoms with Crippen LogP contribution in [-0.4, -0.2) is 59.8 Å². The predicted molar refractivity (Wildman–Crippen MR) is 66.5 cm³/mol. The van der Waals surface area contributed by atoms with Crippen LogP contribution in [0, 0.1) is 0 Å². The summed E-state index contributed by atoms with van der Waals surface area (Å²) < 4.78 is 25.3. The van der Waals surface area contributed by atoms with Crippen LogP contribution in [0.25, 0.3) is 10.8 Å². The summed E-state index contributed by atoms with van der Waals surface area (Å²) in [6.45, 7) is 0. The molecule has 2 rings (SSSR count). The number of nitrogen functional groups attached to an aromatic ring is 1. The summed E-state index contributed by atoms with van der Waals surface area (Å²) in [5.41, 5.74) is 6.29. The third-order valence-corrected chi connectivity index (χ3v) is 2.38. The molecule has 0 aromatic heterocycles. The summed E-state index contributed by atoms with van der Waals surface area (Å²) in [4.78, 5) is 0. The Morgan fingerprint density at radius 2 is 1.62 bits per heavy atom. The van der Waals surface area contributed by atoms with Crippen molar-refractivity contribution in [3.63, 3.8) is 0 Å². The van der Waals surface area contributed by atoms with Gasteiger partial charge in [0.1, 0.15) is 5.75 Å². The van der Waals surface area contributed by atoms with Gasteiger partial charge in [-0.1, -0.05) is 12.1 Å². The van der Waals surface area contributed by atoms with Crippen LogP contribution in [0.15, 0.2) is 36.4 Å². The fraction of sp³-hybridized carbons (Fsp3) is 0. The van der Waals surface area contributed by atoms with E-state index in [2.05, 4.69) is 4.18 Å². The number of fused-ring (bicyclic) bond motifs is 1. The van der Waals surface area contributed by atoms with Gasteiger partial charge in [0, 0.05) is 5.69 Å². The van der Waals surface area contributed by atoms with Gasteiger partial charge in [-0.2, -0.15) is 8.42 Å². The van der Waals surface area contributed by atoms with E-state index in [9.17, 15) is 8.42 Å². The fourth-order valence-corrected chi connectivity index (χ4v) is 1.67. The second kappa shape index (κ2) is 5.99. The van der Waals surface area contributed by atoms with Crippen LogP contribution in [0.2, 0.25) is 0 Å². The van der Waals surface area contributed by atoms with Gasteiger partial charge in [0.05, 0.1) is 0 Å². The Bertz CT molecular complexity index is 575. The molecule has 16 heavy (non-hydrogen) atoms. The first-order valence-electron chi connectivity index (χ1n) is 4.27. The van der Waals surface area contributed by atoms with E-state index in [0.717, 1.165) is 10.8 Å². The summed E-state index contributed by atoms with van der Waals surface area (Å²) in [5, 5.41) is 1.84. The summed E-state index contributed by atoms with van der Waals surface area (Å²) in [6, 6.07) is 10.4. The normalized spacial score (nSPS) is 10.1. The second-order valence-corrected chi connectivity index (χ2v) is 3.71. The Labute approximate surface area is 137 Å². The first kappa shape index (κ1) is 13.9. The Kier molecular flexibility index (Phi) is 5.22. The maximum absolute atomic E-state index is 10.4. The Balaban J connectivity index is 0.00000128. The van der Waals surface area contributed by atoms with Crippen molar-refractivity contribution >= 4 is 78.8 Å². The average molecular weight is 263 g/mol. The van der Waals surface area contributed by atoms with Crippen LogP contribution >= 0.6 is 0 Å². The van der Waals surface area contributed by atoms with E-state index in [-0.39, 0.29) is 51.4 Å². The monoisotopic (exact) mass is 263 g/mol. The SMILES string of the molecule is Nc1ccc2cc(O[SH](=O)=O)ccc2c1.[KH]. The van der Waals surface area contributed by atoms with Crippen LogP contribution in [0.4, 0.5) is 5.69 Å². The van der Waals surface area contributed by atoms with Gasteiger partial charge in [-0.25, -0.2) is 0 Å². The van der Waals surface area contributed by atoms with Gasteiger partial charge in [-0.3, -0.25) is 0 Å². The molecule has 2 N–H and O–H groups in total. The third kappa shape index (κ3) is 3.44. The predicted octanol–water partition coefficient (Wildman–Crippen LogP) is 0.679. The Morgan fingerprint density at radius 3 is 2.31 bits per heavy atom. The summed E-state index contributed by atoms with van der Waals surface area (Å²) in [6.07, 6.45) is 0. The van der Waals surface area contributed by atoms with Crippen LogP contribution in [0.3, 0.4) is 0 Å². The molecule has 0 aliphatic rings. The molecule has 0 fully saturated rings. The average Bonchev–Trinajstić information content (AvgIpc) is 2.17. The molecule has 0 aliphatic heterocycles. The summed E-state index contributed by atoms with van der Waals surface area (Å²) in [5.74, 6) is 0.309. The first-order chi connectivity index (χ1) is 7.15. The van der Waals surface area contributed by atoms with Gasteiger partial charge in [0.25, 0.3) is 11.0 Å². The second-order valence-electron chi connectivity index (χ2n) is 3.08. The number of anilines is 1. The number of rotatable bonds is 2. The molecule has 2 aromatic rings. The molecule has 0 atom stereocenters. The van der Waals surface area contributed by atoms with Crippen molar-refractivity contribution in [3.05, 3.63) is 36.4 Å².